The number of rotatable bonds is 5. The molecule has 4 heteroatoms. The SMILES string of the molecule is CCNc1cccc(COc2ccccc2I)n1. The van der Waals surface area contributed by atoms with E-state index in [-0.39, 0.29) is 0 Å². The summed E-state index contributed by atoms with van der Waals surface area (Å²) in [6, 6.07) is 13.9. The molecule has 0 aliphatic carbocycles. The molecule has 1 N–H and O–H groups in total. The fourth-order valence-corrected chi connectivity index (χ4v) is 2.10. The van der Waals surface area contributed by atoms with Gasteiger partial charge >= 0.3 is 0 Å². The van der Waals surface area contributed by atoms with Crippen molar-refractivity contribution in [3.05, 3.63) is 51.7 Å². The topological polar surface area (TPSA) is 34.1 Å². The number of aromatic nitrogens is 1. The van der Waals surface area contributed by atoms with Crippen LogP contribution in [0, 0.1) is 3.57 Å². The van der Waals surface area contributed by atoms with E-state index in [1.807, 2.05) is 42.5 Å². The van der Waals surface area contributed by atoms with Crippen LogP contribution in [0.3, 0.4) is 0 Å². The van der Waals surface area contributed by atoms with Gasteiger partial charge in [0.25, 0.3) is 0 Å². The fraction of sp³-hybridized carbons (Fsp3) is 0.214. The normalized spacial score (nSPS) is 10.1. The minimum atomic E-state index is 0.485. The molecule has 2 rings (SSSR count). The first-order chi connectivity index (χ1) is 8.79. The monoisotopic (exact) mass is 354 g/mol. The molecule has 0 amide bonds. The lowest BCUT2D eigenvalue weighted by molar-refractivity contribution is 0.299. The van der Waals surface area contributed by atoms with Crippen molar-refractivity contribution in [3.63, 3.8) is 0 Å². The van der Waals surface area contributed by atoms with Crippen LogP contribution < -0.4 is 10.1 Å². The van der Waals surface area contributed by atoms with Crippen LogP contribution in [-0.4, -0.2) is 11.5 Å². The van der Waals surface area contributed by atoms with Gasteiger partial charge in [0.2, 0.25) is 0 Å². The molecule has 1 aromatic heterocycles. The summed E-state index contributed by atoms with van der Waals surface area (Å²) in [4.78, 5) is 4.47. The third kappa shape index (κ3) is 3.60. The molecule has 0 saturated heterocycles. The van der Waals surface area contributed by atoms with Gasteiger partial charge in [-0.3, -0.25) is 0 Å². The van der Waals surface area contributed by atoms with Crippen LogP contribution in [-0.2, 0) is 6.61 Å². The van der Waals surface area contributed by atoms with Gasteiger partial charge in [0.15, 0.2) is 0 Å². The lowest BCUT2D eigenvalue weighted by atomic mass is 10.3. The lowest BCUT2D eigenvalue weighted by Crippen LogP contribution is -2.03. The maximum absolute atomic E-state index is 5.76. The third-order valence-corrected chi connectivity index (χ3v) is 3.27. The lowest BCUT2D eigenvalue weighted by Gasteiger charge is -2.09. The smallest absolute Gasteiger partial charge is 0.133 e. The number of para-hydroxylation sites is 1. The van der Waals surface area contributed by atoms with Gasteiger partial charge in [-0.15, -0.1) is 0 Å². The molecule has 18 heavy (non-hydrogen) atoms. The maximum atomic E-state index is 5.76. The van der Waals surface area contributed by atoms with Crippen molar-refractivity contribution < 1.29 is 4.74 Å². The van der Waals surface area contributed by atoms with Crippen molar-refractivity contribution in [2.45, 2.75) is 13.5 Å². The summed E-state index contributed by atoms with van der Waals surface area (Å²) in [6.07, 6.45) is 0. The number of nitrogens with one attached hydrogen (secondary N) is 1. The Labute approximate surface area is 121 Å². The van der Waals surface area contributed by atoms with Crippen LogP contribution in [0.4, 0.5) is 5.82 Å². The average molecular weight is 354 g/mol. The fourth-order valence-electron chi connectivity index (χ4n) is 1.55. The predicted octanol–water partition coefficient (Wildman–Crippen LogP) is 3.70. The summed E-state index contributed by atoms with van der Waals surface area (Å²) in [5, 5.41) is 3.19. The van der Waals surface area contributed by atoms with Crippen LogP contribution in [0.15, 0.2) is 42.5 Å². The first-order valence-corrected chi connectivity index (χ1v) is 6.94. The number of pyridine rings is 1. The van der Waals surface area contributed by atoms with Crippen molar-refractivity contribution in [1.82, 2.24) is 4.98 Å². The van der Waals surface area contributed by atoms with Gasteiger partial charge in [-0.1, -0.05) is 18.2 Å². The second kappa shape index (κ2) is 6.58. The number of hydrogen-bond acceptors (Lipinski definition) is 3. The minimum Gasteiger partial charge on any atom is -0.486 e. The Morgan fingerprint density at radius 2 is 2.00 bits per heavy atom. The third-order valence-electron chi connectivity index (χ3n) is 2.38. The van der Waals surface area contributed by atoms with E-state index in [9.17, 15) is 0 Å². The van der Waals surface area contributed by atoms with Crippen LogP contribution in [0.1, 0.15) is 12.6 Å². The zero-order chi connectivity index (χ0) is 12.8. The first-order valence-electron chi connectivity index (χ1n) is 5.86. The van der Waals surface area contributed by atoms with Gasteiger partial charge in [-0.05, 0) is 53.8 Å². The number of anilines is 1. The summed E-state index contributed by atoms with van der Waals surface area (Å²) >= 11 is 2.27. The Kier molecular flexibility index (Phi) is 4.81. The van der Waals surface area contributed by atoms with Gasteiger partial charge in [-0.2, -0.15) is 0 Å². The Morgan fingerprint density at radius 1 is 1.17 bits per heavy atom. The Bertz CT molecular complexity index is 517. The first kappa shape index (κ1) is 13.1. The molecule has 0 atom stereocenters. The van der Waals surface area contributed by atoms with Crippen molar-refractivity contribution in [2.24, 2.45) is 0 Å². The molecule has 0 aliphatic heterocycles. The van der Waals surface area contributed by atoms with Gasteiger partial charge in [0.1, 0.15) is 18.2 Å². The number of halogens is 1. The van der Waals surface area contributed by atoms with Gasteiger partial charge < -0.3 is 10.1 Å². The average Bonchev–Trinajstić information content (AvgIpc) is 2.39. The highest BCUT2D eigenvalue weighted by Gasteiger charge is 2.01. The second-order valence-electron chi connectivity index (χ2n) is 3.76. The molecule has 0 radical (unpaired) electrons. The number of benzene rings is 1. The van der Waals surface area contributed by atoms with Crippen molar-refractivity contribution in [3.8, 4) is 5.75 Å². The zero-order valence-electron chi connectivity index (χ0n) is 10.2. The highest BCUT2D eigenvalue weighted by molar-refractivity contribution is 14.1. The van der Waals surface area contributed by atoms with E-state index in [1.54, 1.807) is 0 Å². The van der Waals surface area contributed by atoms with Crippen LogP contribution in [0.2, 0.25) is 0 Å². The van der Waals surface area contributed by atoms with E-state index >= 15 is 0 Å². The van der Waals surface area contributed by atoms with Crippen molar-refractivity contribution in [1.29, 1.82) is 0 Å². The molecule has 0 spiro atoms. The highest BCUT2D eigenvalue weighted by Crippen LogP contribution is 2.20. The van der Waals surface area contributed by atoms with E-state index in [1.165, 1.54) is 0 Å². The molecule has 0 fully saturated rings. The maximum Gasteiger partial charge on any atom is 0.133 e. The molecule has 0 saturated carbocycles. The zero-order valence-corrected chi connectivity index (χ0v) is 12.3. The summed E-state index contributed by atoms with van der Waals surface area (Å²) in [7, 11) is 0. The molecule has 3 nitrogen and oxygen atoms in total. The summed E-state index contributed by atoms with van der Waals surface area (Å²) in [5.41, 5.74) is 0.924. The number of nitrogens with zero attached hydrogens (tertiary/aromatic N) is 1. The standard InChI is InChI=1S/C14H15IN2O/c1-2-16-14-9-5-6-11(17-14)10-18-13-8-4-3-7-12(13)15/h3-9H,2,10H2,1H3,(H,16,17). The molecule has 0 bridgehead atoms. The molecule has 2 aromatic rings. The highest BCUT2D eigenvalue weighted by atomic mass is 127. The largest absolute Gasteiger partial charge is 0.486 e. The minimum absolute atomic E-state index is 0.485. The molecule has 1 aromatic carbocycles. The summed E-state index contributed by atoms with van der Waals surface area (Å²) in [5.74, 6) is 1.79. The summed E-state index contributed by atoms with van der Waals surface area (Å²) in [6.45, 7) is 3.41. The van der Waals surface area contributed by atoms with E-state index in [0.717, 1.165) is 27.4 Å². The van der Waals surface area contributed by atoms with Crippen molar-refractivity contribution in [2.75, 3.05) is 11.9 Å². The summed E-state index contributed by atoms with van der Waals surface area (Å²) < 4.78 is 6.87. The van der Waals surface area contributed by atoms with Crippen LogP contribution in [0.25, 0.3) is 0 Å². The van der Waals surface area contributed by atoms with Crippen LogP contribution >= 0.6 is 22.6 Å². The predicted molar refractivity (Wildman–Crippen MR) is 81.9 cm³/mol. The Hall–Kier alpha value is -1.30. The molecule has 0 aliphatic rings. The van der Waals surface area contributed by atoms with E-state index < -0.39 is 0 Å². The molecule has 94 valence electrons. The van der Waals surface area contributed by atoms with Crippen LogP contribution in [0.5, 0.6) is 5.75 Å². The number of ether oxygens (including phenoxy) is 1. The van der Waals surface area contributed by atoms with E-state index in [0.29, 0.717) is 6.61 Å². The van der Waals surface area contributed by atoms with Crippen molar-refractivity contribution >= 4 is 28.4 Å². The number of hydrogen-bond donors (Lipinski definition) is 1. The van der Waals surface area contributed by atoms with Gasteiger partial charge in [-0.25, -0.2) is 4.98 Å². The Balaban J connectivity index is 2.02. The quantitative estimate of drug-likeness (QED) is 0.832. The molecular formula is C14H15IN2O. The van der Waals surface area contributed by atoms with Gasteiger partial charge in [0.05, 0.1) is 9.26 Å². The van der Waals surface area contributed by atoms with Gasteiger partial charge in [0, 0.05) is 6.54 Å². The molecular weight excluding hydrogens is 339 g/mol. The molecule has 1 heterocycles. The second-order valence-corrected chi connectivity index (χ2v) is 4.93. The van der Waals surface area contributed by atoms with E-state index in [2.05, 4.69) is 39.8 Å². The molecule has 0 unspecified atom stereocenters. The Morgan fingerprint density at radius 3 is 2.78 bits per heavy atom. The van der Waals surface area contributed by atoms with E-state index in [4.69, 9.17) is 4.74 Å².